The van der Waals surface area contributed by atoms with Crippen LogP contribution in [-0.2, 0) is 0 Å². The molecule has 0 amide bonds. The fraction of sp³-hybridized carbons (Fsp3) is 0.708. The first-order chi connectivity index (χ1) is 11.4. The molecule has 1 unspecified atom stereocenters. The van der Waals surface area contributed by atoms with Crippen molar-refractivity contribution in [3.05, 3.63) is 41.8 Å². The second-order valence-electron chi connectivity index (χ2n) is 8.91. The average molecular weight is 330 g/mol. The van der Waals surface area contributed by atoms with Crippen LogP contribution in [0.2, 0.25) is 0 Å². The third-order valence-electron chi connectivity index (χ3n) is 4.82. The Morgan fingerprint density at radius 3 is 2.04 bits per heavy atom. The fourth-order valence-electron chi connectivity index (χ4n) is 3.87. The molecule has 0 heterocycles. The van der Waals surface area contributed by atoms with E-state index in [0.717, 1.165) is 5.92 Å². The molecule has 0 saturated carbocycles. The normalized spacial score (nSPS) is 13.4. The van der Waals surface area contributed by atoms with Crippen molar-refractivity contribution in [1.29, 1.82) is 0 Å². The van der Waals surface area contributed by atoms with Gasteiger partial charge in [-0.15, -0.1) is 0 Å². The van der Waals surface area contributed by atoms with Gasteiger partial charge >= 0.3 is 0 Å². The summed E-state index contributed by atoms with van der Waals surface area (Å²) in [7, 11) is 0. The minimum atomic E-state index is 0.431. The van der Waals surface area contributed by atoms with E-state index in [-0.39, 0.29) is 0 Å². The second kappa shape index (κ2) is 11.7. The van der Waals surface area contributed by atoms with Crippen molar-refractivity contribution in [2.45, 2.75) is 98.8 Å². The maximum atomic E-state index is 2.43. The molecule has 24 heavy (non-hydrogen) atoms. The van der Waals surface area contributed by atoms with Gasteiger partial charge in [-0.3, -0.25) is 0 Å². The summed E-state index contributed by atoms with van der Waals surface area (Å²) < 4.78 is 0. The summed E-state index contributed by atoms with van der Waals surface area (Å²) in [6.07, 6.45) is 13.6. The molecule has 0 bridgehead atoms. The maximum Gasteiger partial charge on any atom is 0.00524 e. The molecule has 1 radical (unpaired) electrons. The SMILES string of the molecule is CCCCCCCCC[C](CC(C)CC(C)(C)C)c1ccccc1. The highest BCUT2D eigenvalue weighted by Gasteiger charge is 2.20. The summed E-state index contributed by atoms with van der Waals surface area (Å²) >= 11 is 0. The second-order valence-corrected chi connectivity index (χ2v) is 8.91. The first-order valence-electron chi connectivity index (χ1n) is 10.3. The standard InChI is InChI=1S/C24H41/c1-6-7-8-9-10-11-13-18-23(22-16-14-12-15-17-22)19-21(2)20-24(3,4)5/h12,14-17,21H,6-11,13,18-20H2,1-5H3. The fourth-order valence-corrected chi connectivity index (χ4v) is 3.87. The highest BCUT2D eigenvalue weighted by molar-refractivity contribution is 5.30. The Kier molecular flexibility index (Phi) is 10.4. The van der Waals surface area contributed by atoms with Gasteiger partial charge in [0.15, 0.2) is 0 Å². The lowest BCUT2D eigenvalue weighted by Gasteiger charge is -2.27. The molecular weight excluding hydrogens is 288 g/mol. The predicted molar refractivity (Wildman–Crippen MR) is 109 cm³/mol. The number of unbranched alkanes of at least 4 members (excludes halogenated alkanes) is 6. The molecule has 1 rings (SSSR count). The number of benzene rings is 1. The molecule has 0 nitrogen and oxygen atoms in total. The molecule has 1 aromatic rings. The lowest BCUT2D eigenvalue weighted by molar-refractivity contribution is 0.299. The van der Waals surface area contributed by atoms with Crippen LogP contribution in [0.5, 0.6) is 0 Å². The van der Waals surface area contributed by atoms with Crippen LogP contribution >= 0.6 is 0 Å². The lowest BCUT2D eigenvalue weighted by atomic mass is 9.78. The van der Waals surface area contributed by atoms with Crippen molar-refractivity contribution in [3.8, 4) is 0 Å². The van der Waals surface area contributed by atoms with Crippen LogP contribution < -0.4 is 0 Å². The van der Waals surface area contributed by atoms with Crippen LogP contribution in [-0.4, -0.2) is 0 Å². The summed E-state index contributed by atoms with van der Waals surface area (Å²) in [6.45, 7) is 11.8. The average Bonchev–Trinajstić information content (AvgIpc) is 2.52. The van der Waals surface area contributed by atoms with E-state index in [1.165, 1.54) is 69.8 Å². The van der Waals surface area contributed by atoms with E-state index >= 15 is 0 Å². The molecule has 137 valence electrons. The van der Waals surface area contributed by atoms with Gasteiger partial charge in [0.25, 0.3) is 0 Å². The third kappa shape index (κ3) is 10.2. The Balaban J connectivity index is 2.45. The van der Waals surface area contributed by atoms with Crippen molar-refractivity contribution in [2.24, 2.45) is 11.3 Å². The van der Waals surface area contributed by atoms with Gasteiger partial charge < -0.3 is 0 Å². The van der Waals surface area contributed by atoms with Crippen LogP contribution in [0, 0.1) is 17.3 Å². The Hall–Kier alpha value is -0.780. The number of hydrogen-bond donors (Lipinski definition) is 0. The zero-order valence-corrected chi connectivity index (χ0v) is 17.0. The highest BCUT2D eigenvalue weighted by atomic mass is 14.2. The van der Waals surface area contributed by atoms with Crippen molar-refractivity contribution in [3.63, 3.8) is 0 Å². The van der Waals surface area contributed by atoms with Crippen LogP contribution in [0.3, 0.4) is 0 Å². The van der Waals surface area contributed by atoms with Gasteiger partial charge in [0.2, 0.25) is 0 Å². The Bertz CT molecular complexity index is 398. The number of hydrogen-bond acceptors (Lipinski definition) is 0. The maximum absolute atomic E-state index is 2.43. The summed E-state index contributed by atoms with van der Waals surface area (Å²) in [5.74, 6) is 2.45. The minimum Gasteiger partial charge on any atom is -0.0654 e. The molecule has 1 atom stereocenters. The van der Waals surface area contributed by atoms with Gasteiger partial charge in [-0.1, -0.05) is 110 Å². The molecular formula is C24H41. The molecule has 0 N–H and O–H groups in total. The van der Waals surface area contributed by atoms with Crippen LogP contribution in [0.25, 0.3) is 0 Å². The summed E-state index contributed by atoms with van der Waals surface area (Å²) in [5, 5.41) is 0. The molecule has 0 saturated heterocycles. The largest absolute Gasteiger partial charge is 0.0654 e. The van der Waals surface area contributed by atoms with Crippen molar-refractivity contribution in [2.75, 3.05) is 0 Å². The van der Waals surface area contributed by atoms with Gasteiger partial charge in [-0.2, -0.15) is 0 Å². The van der Waals surface area contributed by atoms with Gasteiger partial charge in [0.1, 0.15) is 0 Å². The zero-order valence-electron chi connectivity index (χ0n) is 17.0. The van der Waals surface area contributed by atoms with E-state index in [1.54, 1.807) is 5.92 Å². The quantitative estimate of drug-likeness (QED) is 0.339. The van der Waals surface area contributed by atoms with E-state index < -0.39 is 0 Å². The predicted octanol–water partition coefficient (Wildman–Crippen LogP) is 8.21. The first-order valence-corrected chi connectivity index (χ1v) is 10.3. The summed E-state index contributed by atoms with van der Waals surface area (Å²) in [4.78, 5) is 0. The number of rotatable bonds is 12. The van der Waals surface area contributed by atoms with Gasteiger partial charge in [-0.25, -0.2) is 0 Å². The van der Waals surface area contributed by atoms with E-state index in [1.807, 2.05) is 0 Å². The van der Waals surface area contributed by atoms with Crippen LogP contribution in [0.1, 0.15) is 104 Å². The monoisotopic (exact) mass is 329 g/mol. The summed E-state index contributed by atoms with van der Waals surface area (Å²) in [6, 6.07) is 11.1. The molecule has 0 fully saturated rings. The lowest BCUT2D eigenvalue weighted by Crippen LogP contribution is -2.14. The van der Waals surface area contributed by atoms with Crippen molar-refractivity contribution < 1.29 is 0 Å². The van der Waals surface area contributed by atoms with E-state index in [2.05, 4.69) is 65.0 Å². The van der Waals surface area contributed by atoms with E-state index in [0.29, 0.717) is 5.41 Å². The van der Waals surface area contributed by atoms with Crippen molar-refractivity contribution in [1.82, 2.24) is 0 Å². The molecule has 0 heteroatoms. The van der Waals surface area contributed by atoms with Crippen LogP contribution in [0.15, 0.2) is 30.3 Å². The minimum absolute atomic E-state index is 0.431. The molecule has 0 aliphatic carbocycles. The topological polar surface area (TPSA) is 0 Å². The smallest absolute Gasteiger partial charge is 0.00524 e. The molecule has 0 aliphatic heterocycles. The van der Waals surface area contributed by atoms with E-state index in [9.17, 15) is 0 Å². The Morgan fingerprint density at radius 2 is 1.46 bits per heavy atom. The molecule has 0 aliphatic rings. The molecule has 1 aromatic carbocycles. The Labute approximate surface area is 152 Å². The first kappa shape index (κ1) is 21.3. The molecule has 0 aromatic heterocycles. The summed E-state index contributed by atoms with van der Waals surface area (Å²) in [5.41, 5.74) is 1.91. The zero-order chi connectivity index (χ0) is 17.8. The van der Waals surface area contributed by atoms with E-state index in [4.69, 9.17) is 0 Å². The third-order valence-corrected chi connectivity index (χ3v) is 4.82. The van der Waals surface area contributed by atoms with Gasteiger partial charge in [-0.05, 0) is 36.2 Å². The van der Waals surface area contributed by atoms with Gasteiger partial charge in [0, 0.05) is 5.92 Å². The molecule has 0 spiro atoms. The van der Waals surface area contributed by atoms with Crippen LogP contribution in [0.4, 0.5) is 0 Å². The Morgan fingerprint density at radius 1 is 0.875 bits per heavy atom. The highest BCUT2D eigenvalue weighted by Crippen LogP contribution is 2.33. The van der Waals surface area contributed by atoms with Gasteiger partial charge in [0.05, 0.1) is 0 Å². The van der Waals surface area contributed by atoms with Crippen molar-refractivity contribution >= 4 is 0 Å².